The summed E-state index contributed by atoms with van der Waals surface area (Å²) in [5.74, 6) is 0.0391. The number of nitrogens with zero attached hydrogens (tertiary/aromatic N) is 3. The van der Waals surface area contributed by atoms with Crippen LogP contribution in [0.4, 0.5) is 0 Å². The highest BCUT2D eigenvalue weighted by Crippen LogP contribution is 2.15. The summed E-state index contributed by atoms with van der Waals surface area (Å²) in [5, 5.41) is 0. The van der Waals surface area contributed by atoms with Crippen LogP contribution >= 0.6 is 15.9 Å². The van der Waals surface area contributed by atoms with E-state index in [0.29, 0.717) is 45.7 Å². The maximum absolute atomic E-state index is 12.5. The molecule has 1 amide bonds. The van der Waals surface area contributed by atoms with Crippen LogP contribution < -0.4 is 0 Å². The molecule has 2 rings (SSSR count). The summed E-state index contributed by atoms with van der Waals surface area (Å²) in [6, 6.07) is 7.67. The Balaban J connectivity index is 1.92. The van der Waals surface area contributed by atoms with Gasteiger partial charge in [0.05, 0.1) is 6.42 Å². The Bertz CT molecular complexity index is 652. The molecule has 0 atom stereocenters. The van der Waals surface area contributed by atoms with Crippen LogP contribution in [0.2, 0.25) is 0 Å². The molecule has 1 saturated heterocycles. The minimum absolute atomic E-state index is 0.0391. The Morgan fingerprint density at radius 3 is 2.12 bits per heavy atom. The van der Waals surface area contributed by atoms with Gasteiger partial charge in [-0.05, 0) is 17.7 Å². The standard InChI is InChI=1S/C16H24BrN3O3S/c1-3-19(4-2)24(22,23)20-11-9-18(10-12-20)16(21)13-14-5-7-15(17)8-6-14/h5-8H,3-4,9-13H2,1-2H3. The highest BCUT2D eigenvalue weighted by molar-refractivity contribution is 9.10. The largest absolute Gasteiger partial charge is 0.340 e. The van der Waals surface area contributed by atoms with Crippen molar-refractivity contribution in [1.82, 2.24) is 13.5 Å². The summed E-state index contributed by atoms with van der Waals surface area (Å²) in [6.45, 7) is 6.17. The van der Waals surface area contributed by atoms with Crippen molar-refractivity contribution >= 4 is 32.0 Å². The van der Waals surface area contributed by atoms with E-state index in [0.717, 1.165) is 10.0 Å². The number of carbonyl (C=O) groups excluding carboxylic acids is 1. The molecular weight excluding hydrogens is 394 g/mol. The van der Waals surface area contributed by atoms with E-state index in [1.54, 1.807) is 4.90 Å². The number of benzene rings is 1. The molecular formula is C16H24BrN3O3S. The van der Waals surface area contributed by atoms with Gasteiger partial charge < -0.3 is 4.90 Å². The van der Waals surface area contributed by atoms with Crippen LogP contribution in [-0.4, -0.2) is 67.1 Å². The first-order chi connectivity index (χ1) is 11.4. The molecule has 0 bridgehead atoms. The van der Waals surface area contributed by atoms with Crippen LogP contribution in [0.5, 0.6) is 0 Å². The number of carbonyl (C=O) groups is 1. The van der Waals surface area contributed by atoms with Gasteiger partial charge in [-0.25, -0.2) is 0 Å². The average molecular weight is 418 g/mol. The number of hydrogen-bond donors (Lipinski definition) is 0. The Morgan fingerprint density at radius 2 is 1.62 bits per heavy atom. The predicted molar refractivity (Wildman–Crippen MR) is 97.8 cm³/mol. The highest BCUT2D eigenvalue weighted by atomic mass is 79.9. The van der Waals surface area contributed by atoms with Gasteiger partial charge in [0.25, 0.3) is 10.2 Å². The van der Waals surface area contributed by atoms with Crippen molar-refractivity contribution < 1.29 is 13.2 Å². The summed E-state index contributed by atoms with van der Waals surface area (Å²) in [6.07, 6.45) is 0.343. The van der Waals surface area contributed by atoms with Gasteiger partial charge in [-0.3, -0.25) is 4.79 Å². The molecule has 24 heavy (non-hydrogen) atoms. The van der Waals surface area contributed by atoms with Crippen molar-refractivity contribution in [3.63, 3.8) is 0 Å². The van der Waals surface area contributed by atoms with Gasteiger partial charge in [0.1, 0.15) is 0 Å². The molecule has 0 aliphatic carbocycles. The first-order valence-electron chi connectivity index (χ1n) is 8.16. The van der Waals surface area contributed by atoms with Gasteiger partial charge >= 0.3 is 0 Å². The number of piperazine rings is 1. The summed E-state index contributed by atoms with van der Waals surface area (Å²) in [7, 11) is -3.41. The third-order valence-electron chi connectivity index (χ3n) is 4.22. The Hall–Kier alpha value is -0.960. The first kappa shape index (κ1) is 19.4. The van der Waals surface area contributed by atoms with E-state index in [1.165, 1.54) is 8.61 Å². The fraction of sp³-hybridized carbons (Fsp3) is 0.562. The molecule has 0 saturated carbocycles. The number of amides is 1. The van der Waals surface area contributed by atoms with Crippen molar-refractivity contribution in [3.8, 4) is 0 Å². The molecule has 1 fully saturated rings. The minimum Gasteiger partial charge on any atom is -0.340 e. The quantitative estimate of drug-likeness (QED) is 0.707. The van der Waals surface area contributed by atoms with Gasteiger partial charge in [0.15, 0.2) is 0 Å². The zero-order valence-electron chi connectivity index (χ0n) is 14.1. The fourth-order valence-corrected chi connectivity index (χ4v) is 4.64. The van der Waals surface area contributed by atoms with Gasteiger partial charge in [0.2, 0.25) is 5.91 Å². The Morgan fingerprint density at radius 1 is 1.08 bits per heavy atom. The van der Waals surface area contributed by atoms with Crippen molar-refractivity contribution in [2.24, 2.45) is 0 Å². The third kappa shape index (κ3) is 4.56. The molecule has 0 radical (unpaired) electrons. The fourth-order valence-electron chi connectivity index (χ4n) is 2.77. The number of halogens is 1. The van der Waals surface area contributed by atoms with Gasteiger partial charge in [-0.15, -0.1) is 0 Å². The first-order valence-corrected chi connectivity index (χ1v) is 10.3. The van der Waals surface area contributed by atoms with E-state index in [9.17, 15) is 13.2 Å². The van der Waals surface area contributed by atoms with Crippen LogP contribution in [0.15, 0.2) is 28.7 Å². The summed E-state index contributed by atoms with van der Waals surface area (Å²) in [4.78, 5) is 14.1. The number of rotatable bonds is 6. The van der Waals surface area contributed by atoms with Crippen LogP contribution in [0, 0.1) is 0 Å². The molecule has 0 N–H and O–H groups in total. The van der Waals surface area contributed by atoms with Gasteiger partial charge in [0, 0.05) is 43.7 Å². The smallest absolute Gasteiger partial charge is 0.282 e. The maximum Gasteiger partial charge on any atom is 0.282 e. The van der Waals surface area contributed by atoms with Gasteiger partial charge in [-0.1, -0.05) is 41.9 Å². The van der Waals surface area contributed by atoms with Crippen LogP contribution in [-0.2, 0) is 21.4 Å². The van der Waals surface area contributed by atoms with Crippen molar-refractivity contribution in [2.45, 2.75) is 20.3 Å². The minimum atomic E-state index is -3.41. The molecule has 8 heteroatoms. The second-order valence-electron chi connectivity index (χ2n) is 5.68. The zero-order chi connectivity index (χ0) is 17.7. The molecule has 134 valence electrons. The molecule has 0 spiro atoms. The molecule has 6 nitrogen and oxygen atoms in total. The SMILES string of the molecule is CCN(CC)S(=O)(=O)N1CCN(C(=O)Cc2ccc(Br)cc2)CC1. The lowest BCUT2D eigenvalue weighted by Crippen LogP contribution is -2.54. The van der Waals surface area contributed by atoms with E-state index in [-0.39, 0.29) is 5.91 Å². The Labute approximate surface area is 152 Å². The molecule has 0 unspecified atom stereocenters. The van der Waals surface area contributed by atoms with Crippen molar-refractivity contribution in [3.05, 3.63) is 34.3 Å². The molecule has 1 aliphatic rings. The molecule has 1 aliphatic heterocycles. The topological polar surface area (TPSA) is 60.9 Å². The van der Waals surface area contributed by atoms with E-state index in [1.807, 2.05) is 38.1 Å². The third-order valence-corrected chi connectivity index (χ3v) is 6.93. The summed E-state index contributed by atoms with van der Waals surface area (Å²) >= 11 is 3.38. The second kappa shape index (κ2) is 8.42. The summed E-state index contributed by atoms with van der Waals surface area (Å²) < 4.78 is 28.9. The van der Waals surface area contributed by atoms with E-state index < -0.39 is 10.2 Å². The van der Waals surface area contributed by atoms with Gasteiger partial charge in [-0.2, -0.15) is 17.0 Å². The van der Waals surface area contributed by atoms with Crippen LogP contribution in [0.25, 0.3) is 0 Å². The van der Waals surface area contributed by atoms with E-state index in [2.05, 4.69) is 15.9 Å². The molecule has 1 aromatic rings. The average Bonchev–Trinajstić information content (AvgIpc) is 2.58. The number of hydrogen-bond acceptors (Lipinski definition) is 3. The van der Waals surface area contributed by atoms with Crippen LogP contribution in [0.3, 0.4) is 0 Å². The molecule has 1 aromatic carbocycles. The zero-order valence-corrected chi connectivity index (χ0v) is 16.5. The predicted octanol–water partition coefficient (Wildman–Crippen LogP) is 1.72. The van der Waals surface area contributed by atoms with Crippen molar-refractivity contribution in [1.29, 1.82) is 0 Å². The Kier molecular flexibility index (Phi) is 6.79. The maximum atomic E-state index is 12.5. The van der Waals surface area contributed by atoms with Crippen molar-refractivity contribution in [2.75, 3.05) is 39.3 Å². The van der Waals surface area contributed by atoms with E-state index in [4.69, 9.17) is 0 Å². The second-order valence-corrected chi connectivity index (χ2v) is 8.52. The molecule has 0 aromatic heterocycles. The lowest BCUT2D eigenvalue weighted by atomic mass is 10.1. The van der Waals surface area contributed by atoms with Crippen LogP contribution in [0.1, 0.15) is 19.4 Å². The lowest BCUT2D eigenvalue weighted by molar-refractivity contribution is -0.131. The molecule has 1 heterocycles. The normalized spacial score (nSPS) is 16.6. The lowest BCUT2D eigenvalue weighted by Gasteiger charge is -2.36. The highest BCUT2D eigenvalue weighted by Gasteiger charge is 2.31. The monoisotopic (exact) mass is 417 g/mol. The van der Waals surface area contributed by atoms with E-state index >= 15 is 0 Å². The summed E-state index contributed by atoms with van der Waals surface area (Å²) in [5.41, 5.74) is 0.960.